The van der Waals surface area contributed by atoms with Crippen LogP contribution in [-0.4, -0.2) is 62.4 Å². The van der Waals surface area contributed by atoms with Crippen LogP contribution >= 0.6 is 0 Å². The van der Waals surface area contributed by atoms with Gasteiger partial charge in [0, 0.05) is 36.9 Å². The first kappa shape index (κ1) is 20.7. The molecule has 0 aromatic carbocycles. The summed E-state index contributed by atoms with van der Waals surface area (Å²) in [6.07, 6.45) is 1.34. The summed E-state index contributed by atoms with van der Waals surface area (Å²) in [5.74, 6) is -0.997. The predicted octanol–water partition coefficient (Wildman–Crippen LogP) is -0.103. The predicted molar refractivity (Wildman–Crippen MR) is 96.8 cm³/mol. The van der Waals surface area contributed by atoms with Gasteiger partial charge < -0.3 is 15.2 Å². The van der Waals surface area contributed by atoms with Crippen molar-refractivity contribution in [1.29, 1.82) is 0 Å². The lowest BCUT2D eigenvalue weighted by molar-refractivity contribution is -0.138. The SMILES string of the molecule is Cc1cn(C[C@@H]2C[C@H](NC(=O)OC(C)(C)C)CN2CC(=O)O)c(=O)[nH]c1=O. The Morgan fingerprint density at radius 2 is 2.04 bits per heavy atom. The molecule has 1 saturated heterocycles. The summed E-state index contributed by atoms with van der Waals surface area (Å²) >= 11 is 0. The number of alkyl carbamates (subject to hydrolysis) is 1. The van der Waals surface area contributed by atoms with Crippen molar-refractivity contribution in [3.63, 3.8) is 0 Å². The van der Waals surface area contributed by atoms with Gasteiger partial charge in [0.1, 0.15) is 5.60 Å². The third kappa shape index (κ3) is 5.95. The molecule has 0 bridgehead atoms. The number of hydrogen-bond acceptors (Lipinski definition) is 6. The first-order valence-corrected chi connectivity index (χ1v) is 8.70. The maximum absolute atomic E-state index is 12.0. The number of amides is 1. The lowest BCUT2D eigenvalue weighted by Gasteiger charge is -2.22. The second kappa shape index (κ2) is 7.95. The molecule has 150 valence electrons. The molecule has 1 aromatic heterocycles. The minimum Gasteiger partial charge on any atom is -0.480 e. The van der Waals surface area contributed by atoms with Gasteiger partial charge in [-0.15, -0.1) is 0 Å². The van der Waals surface area contributed by atoms with Crippen LogP contribution in [-0.2, 0) is 16.1 Å². The van der Waals surface area contributed by atoms with Crippen molar-refractivity contribution in [2.24, 2.45) is 0 Å². The molecule has 10 nitrogen and oxygen atoms in total. The number of nitrogens with one attached hydrogen (secondary N) is 2. The van der Waals surface area contributed by atoms with Gasteiger partial charge in [-0.25, -0.2) is 9.59 Å². The zero-order valence-corrected chi connectivity index (χ0v) is 15.9. The summed E-state index contributed by atoms with van der Waals surface area (Å²) in [4.78, 5) is 50.6. The third-order valence-corrected chi connectivity index (χ3v) is 4.18. The highest BCUT2D eigenvalue weighted by molar-refractivity contribution is 5.69. The standard InChI is InChI=1S/C17H26N4O6/c1-10-6-21(15(25)19-14(10)24)8-12-5-11(7-20(12)9-13(22)23)18-16(26)27-17(2,3)4/h6,11-12H,5,7-9H2,1-4H3,(H,18,26)(H,22,23)(H,19,24,25)/t11-,12-/m0/s1. The van der Waals surface area contributed by atoms with E-state index in [1.54, 1.807) is 32.6 Å². The monoisotopic (exact) mass is 382 g/mol. The van der Waals surface area contributed by atoms with E-state index in [0.29, 0.717) is 18.5 Å². The molecule has 0 radical (unpaired) electrons. The fourth-order valence-corrected chi connectivity index (χ4v) is 3.10. The van der Waals surface area contributed by atoms with Crippen LogP contribution in [0.4, 0.5) is 4.79 Å². The van der Waals surface area contributed by atoms with Crippen LogP contribution in [0, 0.1) is 6.92 Å². The van der Waals surface area contributed by atoms with Gasteiger partial charge in [-0.05, 0) is 34.1 Å². The first-order chi connectivity index (χ1) is 12.4. The van der Waals surface area contributed by atoms with Gasteiger partial charge >= 0.3 is 17.8 Å². The number of carboxylic acid groups (broad SMARTS) is 1. The van der Waals surface area contributed by atoms with Gasteiger partial charge in [0.15, 0.2) is 0 Å². The number of carbonyl (C=O) groups excluding carboxylic acids is 1. The number of carboxylic acids is 1. The number of carbonyl (C=O) groups is 2. The largest absolute Gasteiger partial charge is 0.480 e. The number of nitrogens with zero attached hydrogens (tertiary/aromatic N) is 2. The number of aromatic nitrogens is 2. The van der Waals surface area contributed by atoms with Gasteiger partial charge in [-0.1, -0.05) is 0 Å². The second-order valence-corrected chi connectivity index (χ2v) is 7.78. The molecule has 1 aromatic rings. The summed E-state index contributed by atoms with van der Waals surface area (Å²) in [6, 6.07) is -0.590. The van der Waals surface area contributed by atoms with Gasteiger partial charge in [0.05, 0.1) is 6.54 Å². The van der Waals surface area contributed by atoms with Crippen molar-refractivity contribution >= 4 is 12.1 Å². The zero-order chi connectivity index (χ0) is 20.4. The van der Waals surface area contributed by atoms with Crippen molar-refractivity contribution in [3.05, 3.63) is 32.6 Å². The number of aromatic amines is 1. The Labute approximate surface area is 156 Å². The number of likely N-dealkylation sites (tertiary alicyclic amines) is 1. The van der Waals surface area contributed by atoms with Crippen LogP contribution < -0.4 is 16.6 Å². The Kier molecular flexibility index (Phi) is 6.09. The van der Waals surface area contributed by atoms with Crippen LogP contribution in [0.5, 0.6) is 0 Å². The van der Waals surface area contributed by atoms with E-state index in [0.717, 1.165) is 0 Å². The minimum absolute atomic E-state index is 0.205. The van der Waals surface area contributed by atoms with Crippen molar-refractivity contribution in [2.75, 3.05) is 13.1 Å². The number of H-pyrrole nitrogens is 1. The van der Waals surface area contributed by atoms with Crippen LogP contribution in [0.3, 0.4) is 0 Å². The highest BCUT2D eigenvalue weighted by Gasteiger charge is 2.35. The molecule has 2 rings (SSSR count). The molecule has 0 spiro atoms. The Morgan fingerprint density at radius 1 is 1.37 bits per heavy atom. The van der Waals surface area contributed by atoms with Crippen molar-refractivity contribution in [1.82, 2.24) is 19.8 Å². The number of rotatable bonds is 5. The maximum Gasteiger partial charge on any atom is 0.407 e. The fraction of sp³-hybridized carbons (Fsp3) is 0.647. The highest BCUT2D eigenvalue weighted by atomic mass is 16.6. The molecular weight excluding hydrogens is 356 g/mol. The third-order valence-electron chi connectivity index (χ3n) is 4.18. The van der Waals surface area contributed by atoms with E-state index in [-0.39, 0.29) is 25.2 Å². The summed E-state index contributed by atoms with van der Waals surface area (Å²) < 4.78 is 6.59. The van der Waals surface area contributed by atoms with Crippen molar-refractivity contribution in [2.45, 2.75) is 58.3 Å². The average molecular weight is 382 g/mol. The van der Waals surface area contributed by atoms with E-state index < -0.39 is 28.9 Å². The Balaban J connectivity index is 2.12. The number of aliphatic carboxylic acids is 1. The molecule has 2 atom stereocenters. The molecule has 3 N–H and O–H groups in total. The van der Waals surface area contributed by atoms with E-state index in [2.05, 4.69) is 10.3 Å². The molecule has 0 saturated carbocycles. The van der Waals surface area contributed by atoms with E-state index in [4.69, 9.17) is 9.84 Å². The van der Waals surface area contributed by atoms with Gasteiger partial charge in [0.25, 0.3) is 5.56 Å². The normalized spacial score (nSPS) is 20.4. The fourth-order valence-electron chi connectivity index (χ4n) is 3.10. The zero-order valence-electron chi connectivity index (χ0n) is 15.9. The lowest BCUT2D eigenvalue weighted by Crippen LogP contribution is -2.42. The number of ether oxygens (including phenoxy) is 1. The molecule has 0 aliphatic carbocycles. The molecule has 1 fully saturated rings. The first-order valence-electron chi connectivity index (χ1n) is 8.70. The topological polar surface area (TPSA) is 134 Å². The quantitative estimate of drug-likeness (QED) is 0.647. The van der Waals surface area contributed by atoms with E-state index in [9.17, 15) is 19.2 Å². The molecule has 1 aliphatic heterocycles. The summed E-state index contributed by atoms with van der Waals surface area (Å²) in [5, 5.41) is 11.9. The van der Waals surface area contributed by atoms with E-state index in [1.165, 1.54) is 10.8 Å². The molecular formula is C17H26N4O6. The molecule has 2 heterocycles. The minimum atomic E-state index is -0.997. The van der Waals surface area contributed by atoms with Gasteiger partial charge in [-0.3, -0.25) is 24.0 Å². The summed E-state index contributed by atoms with van der Waals surface area (Å²) in [6.45, 7) is 7.17. The Bertz CT molecular complexity index is 822. The number of aryl methyl sites for hydroxylation is 1. The summed E-state index contributed by atoms with van der Waals surface area (Å²) in [5.41, 5.74) is -1.25. The number of hydrogen-bond donors (Lipinski definition) is 3. The van der Waals surface area contributed by atoms with E-state index >= 15 is 0 Å². The second-order valence-electron chi connectivity index (χ2n) is 7.78. The molecule has 1 aliphatic rings. The molecule has 1 amide bonds. The average Bonchev–Trinajstić information content (AvgIpc) is 2.83. The lowest BCUT2D eigenvalue weighted by atomic mass is 10.1. The van der Waals surface area contributed by atoms with Crippen LogP contribution in [0.15, 0.2) is 15.8 Å². The van der Waals surface area contributed by atoms with Crippen LogP contribution in [0.2, 0.25) is 0 Å². The summed E-state index contributed by atoms with van der Waals surface area (Å²) in [7, 11) is 0. The molecule has 27 heavy (non-hydrogen) atoms. The smallest absolute Gasteiger partial charge is 0.407 e. The highest BCUT2D eigenvalue weighted by Crippen LogP contribution is 2.19. The van der Waals surface area contributed by atoms with E-state index in [1.807, 2.05) is 0 Å². The van der Waals surface area contributed by atoms with Crippen molar-refractivity contribution < 1.29 is 19.4 Å². The van der Waals surface area contributed by atoms with Gasteiger partial charge in [-0.2, -0.15) is 0 Å². The van der Waals surface area contributed by atoms with Gasteiger partial charge in [0.2, 0.25) is 0 Å². The van der Waals surface area contributed by atoms with Crippen LogP contribution in [0.25, 0.3) is 0 Å². The molecule has 10 heteroatoms. The van der Waals surface area contributed by atoms with Crippen molar-refractivity contribution in [3.8, 4) is 0 Å². The maximum atomic E-state index is 12.0. The molecule has 0 unspecified atom stereocenters. The van der Waals surface area contributed by atoms with Crippen LogP contribution in [0.1, 0.15) is 32.8 Å². The Morgan fingerprint density at radius 3 is 2.63 bits per heavy atom. The Hall–Kier alpha value is -2.62.